The first-order valence-corrected chi connectivity index (χ1v) is 8.10. The fourth-order valence-electron chi connectivity index (χ4n) is 2.74. The predicted molar refractivity (Wildman–Crippen MR) is 83.3 cm³/mol. The molecule has 1 aliphatic rings. The first-order valence-electron chi connectivity index (χ1n) is 7.29. The standard InChI is InChI=1S/C16H15F3N2OS/c17-16(18,19)9-20-14(22)10-5-1-2-6-11(10)15-21-12-7-3-4-8-13(12)23-15/h1-4,7-8,10-11H,5-6,9H2,(H,20,22)/t10-,11-/m0/s1. The van der Waals surface area contributed by atoms with E-state index in [-0.39, 0.29) is 5.92 Å². The summed E-state index contributed by atoms with van der Waals surface area (Å²) in [5.41, 5.74) is 0.858. The van der Waals surface area contributed by atoms with Crippen molar-refractivity contribution in [2.24, 2.45) is 5.92 Å². The minimum absolute atomic E-state index is 0.175. The molecule has 1 N–H and O–H groups in total. The monoisotopic (exact) mass is 340 g/mol. The van der Waals surface area contributed by atoms with Gasteiger partial charge in [0.1, 0.15) is 6.54 Å². The largest absolute Gasteiger partial charge is 0.405 e. The van der Waals surface area contributed by atoms with Gasteiger partial charge >= 0.3 is 6.18 Å². The molecule has 1 aliphatic carbocycles. The van der Waals surface area contributed by atoms with E-state index in [1.807, 2.05) is 41.7 Å². The van der Waals surface area contributed by atoms with Crippen LogP contribution in [0, 0.1) is 5.92 Å². The number of hydrogen-bond acceptors (Lipinski definition) is 3. The lowest BCUT2D eigenvalue weighted by atomic mass is 9.82. The van der Waals surface area contributed by atoms with Gasteiger partial charge in [0.05, 0.1) is 21.1 Å². The molecular formula is C16H15F3N2OS. The Morgan fingerprint density at radius 1 is 1.26 bits per heavy atom. The van der Waals surface area contributed by atoms with Crippen molar-refractivity contribution in [3.63, 3.8) is 0 Å². The molecule has 1 amide bonds. The fraction of sp³-hybridized carbons (Fsp3) is 0.375. The van der Waals surface area contributed by atoms with Crippen LogP contribution in [0.3, 0.4) is 0 Å². The molecule has 1 aromatic heterocycles. The maximum absolute atomic E-state index is 12.3. The molecule has 0 spiro atoms. The van der Waals surface area contributed by atoms with Crippen LogP contribution in [-0.4, -0.2) is 23.6 Å². The van der Waals surface area contributed by atoms with E-state index in [2.05, 4.69) is 4.98 Å². The minimum atomic E-state index is -4.40. The third kappa shape index (κ3) is 3.72. The van der Waals surface area contributed by atoms with E-state index in [0.29, 0.717) is 12.8 Å². The van der Waals surface area contributed by atoms with Crippen LogP contribution >= 0.6 is 11.3 Å². The number of benzene rings is 1. The number of alkyl halides is 3. The molecular weight excluding hydrogens is 325 g/mol. The summed E-state index contributed by atoms with van der Waals surface area (Å²) in [7, 11) is 0. The second-order valence-electron chi connectivity index (χ2n) is 5.51. The Morgan fingerprint density at radius 3 is 2.74 bits per heavy atom. The van der Waals surface area contributed by atoms with Gasteiger partial charge in [-0.2, -0.15) is 13.2 Å². The second kappa shape index (κ2) is 6.31. The molecule has 2 aromatic rings. The molecule has 0 fully saturated rings. The zero-order valence-electron chi connectivity index (χ0n) is 12.1. The molecule has 0 saturated heterocycles. The Balaban J connectivity index is 1.81. The third-order valence-corrected chi connectivity index (χ3v) is 5.03. The smallest absolute Gasteiger partial charge is 0.347 e. The van der Waals surface area contributed by atoms with Gasteiger partial charge in [-0.1, -0.05) is 24.3 Å². The van der Waals surface area contributed by atoms with Crippen LogP contribution in [0.15, 0.2) is 36.4 Å². The molecule has 1 heterocycles. The van der Waals surface area contributed by atoms with Crippen LogP contribution in [0.1, 0.15) is 23.8 Å². The first-order chi connectivity index (χ1) is 10.9. The third-order valence-electron chi connectivity index (χ3n) is 3.86. The maximum Gasteiger partial charge on any atom is 0.405 e. The van der Waals surface area contributed by atoms with E-state index in [0.717, 1.165) is 15.2 Å². The second-order valence-corrected chi connectivity index (χ2v) is 6.57. The van der Waals surface area contributed by atoms with Gasteiger partial charge in [-0.05, 0) is 25.0 Å². The summed E-state index contributed by atoms with van der Waals surface area (Å²) in [6, 6.07) is 7.65. The van der Waals surface area contributed by atoms with Crippen LogP contribution < -0.4 is 5.32 Å². The number of nitrogens with one attached hydrogen (secondary N) is 1. The quantitative estimate of drug-likeness (QED) is 0.858. The predicted octanol–water partition coefficient (Wildman–Crippen LogP) is 4.02. The highest BCUT2D eigenvalue weighted by Gasteiger charge is 2.35. The van der Waals surface area contributed by atoms with Crippen LogP contribution in [0.5, 0.6) is 0 Å². The van der Waals surface area contributed by atoms with Crippen LogP contribution in [0.2, 0.25) is 0 Å². The summed E-state index contributed by atoms with van der Waals surface area (Å²) >= 11 is 1.50. The van der Waals surface area contributed by atoms with Crippen LogP contribution in [0.25, 0.3) is 10.2 Å². The Labute approximate surface area is 135 Å². The van der Waals surface area contributed by atoms with Gasteiger partial charge in [-0.3, -0.25) is 4.79 Å². The summed E-state index contributed by atoms with van der Waals surface area (Å²) in [5, 5.41) is 2.81. The number of allylic oxidation sites excluding steroid dienone is 2. The van der Waals surface area contributed by atoms with Crippen molar-refractivity contribution in [3.8, 4) is 0 Å². The number of para-hydroxylation sites is 1. The minimum Gasteiger partial charge on any atom is -0.347 e. The van der Waals surface area contributed by atoms with E-state index in [1.54, 1.807) is 0 Å². The molecule has 7 heteroatoms. The number of halogens is 3. The van der Waals surface area contributed by atoms with Gasteiger partial charge in [0.2, 0.25) is 5.91 Å². The summed E-state index contributed by atoms with van der Waals surface area (Å²) in [4.78, 5) is 16.7. The highest BCUT2D eigenvalue weighted by atomic mass is 32.1. The van der Waals surface area contributed by atoms with Crippen molar-refractivity contribution in [3.05, 3.63) is 41.4 Å². The number of hydrogen-bond donors (Lipinski definition) is 1. The van der Waals surface area contributed by atoms with E-state index in [4.69, 9.17) is 0 Å². The average molecular weight is 340 g/mol. The van der Waals surface area contributed by atoms with E-state index < -0.39 is 24.5 Å². The van der Waals surface area contributed by atoms with Crippen molar-refractivity contribution in [2.45, 2.75) is 24.9 Å². The number of thiazole rings is 1. The number of amides is 1. The Kier molecular flexibility index (Phi) is 4.39. The van der Waals surface area contributed by atoms with Crippen molar-refractivity contribution >= 4 is 27.5 Å². The van der Waals surface area contributed by atoms with E-state index >= 15 is 0 Å². The molecule has 3 rings (SSSR count). The van der Waals surface area contributed by atoms with Crippen molar-refractivity contribution in [1.29, 1.82) is 0 Å². The zero-order valence-corrected chi connectivity index (χ0v) is 13.0. The summed E-state index contributed by atoms with van der Waals surface area (Å²) in [5.74, 6) is -1.25. The van der Waals surface area contributed by atoms with E-state index in [9.17, 15) is 18.0 Å². The van der Waals surface area contributed by atoms with Gasteiger partial charge in [0.15, 0.2) is 0 Å². The molecule has 2 atom stereocenters. The number of carbonyl (C=O) groups excluding carboxylic acids is 1. The van der Waals surface area contributed by atoms with Crippen LogP contribution in [0.4, 0.5) is 13.2 Å². The lowest BCUT2D eigenvalue weighted by Crippen LogP contribution is -2.40. The highest BCUT2D eigenvalue weighted by molar-refractivity contribution is 7.18. The topological polar surface area (TPSA) is 42.0 Å². The lowest BCUT2D eigenvalue weighted by molar-refractivity contribution is -0.141. The first kappa shape index (κ1) is 16.0. The normalized spacial score (nSPS) is 21.5. The maximum atomic E-state index is 12.3. The fourth-order valence-corrected chi connectivity index (χ4v) is 3.89. The van der Waals surface area contributed by atoms with Crippen molar-refractivity contribution < 1.29 is 18.0 Å². The number of aromatic nitrogens is 1. The number of nitrogens with zero attached hydrogens (tertiary/aromatic N) is 1. The molecule has 0 aliphatic heterocycles. The molecule has 0 radical (unpaired) electrons. The molecule has 0 unspecified atom stereocenters. The lowest BCUT2D eigenvalue weighted by Gasteiger charge is -2.26. The van der Waals surface area contributed by atoms with Crippen LogP contribution in [-0.2, 0) is 4.79 Å². The molecule has 1 aromatic carbocycles. The number of rotatable bonds is 3. The number of fused-ring (bicyclic) bond motifs is 1. The van der Waals surface area contributed by atoms with Gasteiger partial charge in [-0.15, -0.1) is 11.3 Å². The molecule has 0 bridgehead atoms. The molecule has 122 valence electrons. The van der Waals surface area contributed by atoms with Gasteiger partial charge in [-0.25, -0.2) is 4.98 Å². The summed E-state index contributed by atoms with van der Waals surface area (Å²) < 4.78 is 37.9. The van der Waals surface area contributed by atoms with Crippen molar-refractivity contribution in [2.75, 3.05) is 6.54 Å². The Morgan fingerprint density at radius 2 is 2.00 bits per heavy atom. The van der Waals surface area contributed by atoms with E-state index in [1.165, 1.54) is 11.3 Å². The SMILES string of the molecule is O=C(NCC(F)(F)F)[C@H]1CC=CC[C@@H]1c1nc2ccccc2s1. The molecule has 0 saturated carbocycles. The zero-order chi connectivity index (χ0) is 16.4. The van der Waals surface area contributed by atoms with Crippen molar-refractivity contribution in [1.82, 2.24) is 10.3 Å². The number of carbonyl (C=O) groups is 1. The summed E-state index contributed by atoms with van der Waals surface area (Å²) in [6.45, 7) is -1.29. The highest BCUT2D eigenvalue weighted by Crippen LogP contribution is 2.38. The Hall–Kier alpha value is -1.89. The van der Waals surface area contributed by atoms with Gasteiger partial charge < -0.3 is 5.32 Å². The molecule has 3 nitrogen and oxygen atoms in total. The Bertz CT molecular complexity index is 705. The molecule has 23 heavy (non-hydrogen) atoms. The summed E-state index contributed by atoms with van der Waals surface area (Å²) in [6.07, 6.45) is 0.464. The average Bonchev–Trinajstić information content (AvgIpc) is 2.96. The van der Waals surface area contributed by atoms with Gasteiger partial charge in [0.25, 0.3) is 0 Å². The van der Waals surface area contributed by atoms with Gasteiger partial charge in [0, 0.05) is 5.92 Å².